The lowest BCUT2D eigenvalue weighted by molar-refractivity contribution is -0.136. The molecule has 5 rings (SSSR count). The molecule has 1 aromatic heterocycles. The van der Waals surface area contributed by atoms with Crippen LogP contribution in [0.4, 0.5) is 0 Å². The summed E-state index contributed by atoms with van der Waals surface area (Å²) in [5.74, 6) is 1.27. The van der Waals surface area contributed by atoms with Gasteiger partial charge in [0.1, 0.15) is 12.4 Å². The third-order valence-corrected chi connectivity index (χ3v) is 9.18. The van der Waals surface area contributed by atoms with Crippen LogP contribution in [0.15, 0.2) is 80.6 Å². The Bertz CT molecular complexity index is 1910. The molecule has 0 spiro atoms. The van der Waals surface area contributed by atoms with Gasteiger partial charge in [0.05, 0.1) is 44.5 Å². The summed E-state index contributed by atoms with van der Waals surface area (Å²) < 4.78 is 26.5. The minimum absolute atomic E-state index is 0.241. The number of carbonyl (C=O) groups is 1. The van der Waals surface area contributed by atoms with Crippen LogP contribution in [0.25, 0.3) is 6.08 Å². The Morgan fingerprint density at radius 1 is 1.07 bits per heavy atom. The molecule has 0 saturated heterocycles. The fourth-order valence-corrected chi connectivity index (χ4v) is 7.64. The normalized spacial score (nSPS) is 14.4. The van der Waals surface area contributed by atoms with Gasteiger partial charge in [-0.2, -0.15) is 0 Å². The van der Waals surface area contributed by atoms with Gasteiger partial charge in [-0.25, -0.2) is 9.79 Å². The number of nitrogens with zero attached hydrogens (tertiary/aromatic N) is 2. The van der Waals surface area contributed by atoms with Gasteiger partial charge >= 0.3 is 5.97 Å². The summed E-state index contributed by atoms with van der Waals surface area (Å²) in [5.41, 5.74) is 3.72. The van der Waals surface area contributed by atoms with Crippen molar-refractivity contribution in [2.24, 2.45) is 4.99 Å². The second kappa shape index (κ2) is 14.1. The van der Waals surface area contributed by atoms with E-state index in [1.807, 2.05) is 50.3 Å². The van der Waals surface area contributed by atoms with Crippen LogP contribution >= 0.6 is 49.9 Å². The summed E-state index contributed by atoms with van der Waals surface area (Å²) in [6.45, 7) is 7.16. The van der Waals surface area contributed by atoms with E-state index in [4.69, 9.17) is 18.9 Å². The molecular formula is C33H30BrIN2O6S. The van der Waals surface area contributed by atoms with E-state index in [1.165, 1.54) is 34.8 Å². The van der Waals surface area contributed by atoms with Crippen molar-refractivity contribution in [2.45, 2.75) is 33.4 Å². The SMILES string of the molecule is CCOc1ccc([C@H]2C(C(=O)OC)=CN=c3s/c(=C\c4cc(Br)c(OCc5cccc(C)c5)c(I)c4)c(=O)n32)cc1OCC. The minimum Gasteiger partial charge on any atom is -0.490 e. The Balaban J connectivity index is 1.54. The molecule has 1 atom stereocenters. The van der Waals surface area contributed by atoms with Crippen LogP contribution in [0.5, 0.6) is 17.2 Å². The smallest absolute Gasteiger partial charge is 0.337 e. The largest absolute Gasteiger partial charge is 0.490 e. The lowest BCUT2D eigenvalue weighted by Gasteiger charge is -2.23. The molecule has 2 heterocycles. The van der Waals surface area contributed by atoms with E-state index >= 15 is 0 Å². The van der Waals surface area contributed by atoms with Crippen LogP contribution in [0.3, 0.4) is 0 Å². The highest BCUT2D eigenvalue weighted by Crippen LogP contribution is 2.35. The first-order valence-electron chi connectivity index (χ1n) is 13.9. The number of aromatic nitrogens is 1. The summed E-state index contributed by atoms with van der Waals surface area (Å²) in [6, 6.07) is 16.7. The molecule has 0 fully saturated rings. The molecule has 8 nitrogen and oxygen atoms in total. The first kappa shape index (κ1) is 32.0. The predicted molar refractivity (Wildman–Crippen MR) is 182 cm³/mol. The van der Waals surface area contributed by atoms with Gasteiger partial charge < -0.3 is 18.9 Å². The number of benzene rings is 3. The number of aryl methyl sites for hydroxylation is 1. The second-order valence-electron chi connectivity index (χ2n) is 9.84. The second-order valence-corrected chi connectivity index (χ2v) is 12.9. The Morgan fingerprint density at radius 3 is 2.55 bits per heavy atom. The van der Waals surface area contributed by atoms with Crippen molar-refractivity contribution in [1.29, 1.82) is 0 Å². The third-order valence-electron chi connectivity index (χ3n) is 6.79. The maximum atomic E-state index is 14.0. The summed E-state index contributed by atoms with van der Waals surface area (Å²) in [6.07, 6.45) is 3.30. The number of carbonyl (C=O) groups excluding carboxylic acids is 1. The van der Waals surface area contributed by atoms with Crippen molar-refractivity contribution >= 4 is 61.9 Å². The lowest BCUT2D eigenvalue weighted by Crippen LogP contribution is -2.39. The number of hydrogen-bond donors (Lipinski definition) is 0. The number of hydrogen-bond acceptors (Lipinski definition) is 8. The average molecular weight is 789 g/mol. The number of esters is 1. The maximum Gasteiger partial charge on any atom is 0.337 e. The van der Waals surface area contributed by atoms with Gasteiger partial charge in [-0.15, -0.1) is 0 Å². The average Bonchev–Trinajstić information content (AvgIpc) is 3.31. The Hall–Kier alpha value is -3.42. The van der Waals surface area contributed by atoms with Gasteiger partial charge in [0, 0.05) is 6.20 Å². The molecule has 4 aromatic rings. The molecule has 44 heavy (non-hydrogen) atoms. The highest BCUT2D eigenvalue weighted by atomic mass is 127. The zero-order chi connectivity index (χ0) is 31.4. The molecule has 0 bridgehead atoms. The van der Waals surface area contributed by atoms with E-state index in [0.717, 1.165) is 24.9 Å². The maximum absolute atomic E-state index is 14.0. The Labute approximate surface area is 280 Å². The number of rotatable bonds is 10. The van der Waals surface area contributed by atoms with Crippen LogP contribution in [0, 0.1) is 10.5 Å². The first-order valence-corrected chi connectivity index (χ1v) is 16.6. The molecule has 1 aliphatic heterocycles. The minimum atomic E-state index is -0.764. The Morgan fingerprint density at radius 2 is 1.84 bits per heavy atom. The molecule has 3 aromatic carbocycles. The molecule has 0 saturated carbocycles. The molecule has 1 aliphatic rings. The van der Waals surface area contributed by atoms with E-state index in [9.17, 15) is 9.59 Å². The summed E-state index contributed by atoms with van der Waals surface area (Å²) in [7, 11) is 1.31. The van der Waals surface area contributed by atoms with Gasteiger partial charge in [-0.05, 0) is 106 Å². The lowest BCUT2D eigenvalue weighted by atomic mass is 9.97. The highest BCUT2D eigenvalue weighted by Gasteiger charge is 2.31. The standard InChI is InChI=1S/C33H30BrIN2O6S/c1-5-41-26-11-10-22(16-27(26)42-6-2)29-23(32(39)40-4)17-36-33-37(29)31(38)28(44-33)15-21-13-24(34)30(25(35)14-21)43-18-20-9-7-8-19(3)12-20/h7-17,29H,5-6,18H2,1-4H3/b28-15-/t29-/m0/s1. The zero-order valence-corrected chi connectivity index (χ0v) is 29.1. The fraction of sp³-hybridized carbons (Fsp3) is 0.242. The fourth-order valence-electron chi connectivity index (χ4n) is 4.90. The van der Waals surface area contributed by atoms with Crippen LogP contribution in [-0.2, 0) is 16.1 Å². The van der Waals surface area contributed by atoms with E-state index < -0.39 is 12.0 Å². The quantitative estimate of drug-likeness (QED) is 0.143. The molecule has 0 N–H and O–H groups in total. The number of methoxy groups -OCH3 is 1. The number of thiazole rings is 1. The van der Waals surface area contributed by atoms with E-state index in [1.54, 1.807) is 12.1 Å². The molecule has 0 unspecified atom stereocenters. The van der Waals surface area contributed by atoms with E-state index in [-0.39, 0.29) is 11.1 Å². The molecular weight excluding hydrogens is 759 g/mol. The summed E-state index contributed by atoms with van der Waals surface area (Å²) >= 11 is 7.14. The molecule has 0 amide bonds. The van der Waals surface area contributed by atoms with E-state index in [0.29, 0.717) is 46.2 Å². The highest BCUT2D eigenvalue weighted by molar-refractivity contribution is 14.1. The molecule has 0 aliphatic carbocycles. The van der Waals surface area contributed by atoms with E-state index in [2.05, 4.69) is 62.6 Å². The molecule has 11 heteroatoms. The van der Waals surface area contributed by atoms with Crippen LogP contribution in [-0.4, -0.2) is 30.9 Å². The van der Waals surface area contributed by atoms with Crippen LogP contribution in [0.1, 0.15) is 42.1 Å². The molecule has 0 radical (unpaired) electrons. The van der Waals surface area contributed by atoms with Gasteiger partial charge in [0.2, 0.25) is 0 Å². The van der Waals surface area contributed by atoms with Crippen molar-refractivity contribution in [2.75, 3.05) is 20.3 Å². The van der Waals surface area contributed by atoms with Crippen molar-refractivity contribution in [1.82, 2.24) is 4.57 Å². The first-order chi connectivity index (χ1) is 21.2. The van der Waals surface area contributed by atoms with Gasteiger partial charge in [-0.3, -0.25) is 9.36 Å². The van der Waals surface area contributed by atoms with Crippen molar-refractivity contribution in [3.8, 4) is 17.2 Å². The van der Waals surface area contributed by atoms with Gasteiger partial charge in [0.25, 0.3) is 5.56 Å². The number of ether oxygens (including phenoxy) is 4. The van der Waals surface area contributed by atoms with Gasteiger partial charge in [-0.1, -0.05) is 47.2 Å². The molecule has 228 valence electrons. The topological polar surface area (TPSA) is 88.4 Å². The van der Waals surface area contributed by atoms with Crippen molar-refractivity contribution in [3.05, 3.63) is 116 Å². The monoisotopic (exact) mass is 788 g/mol. The number of fused-ring (bicyclic) bond motifs is 1. The Kier molecular flexibility index (Phi) is 10.3. The van der Waals surface area contributed by atoms with Crippen LogP contribution in [0.2, 0.25) is 0 Å². The zero-order valence-electron chi connectivity index (χ0n) is 24.6. The van der Waals surface area contributed by atoms with Gasteiger partial charge in [0.15, 0.2) is 16.3 Å². The number of halogens is 2. The summed E-state index contributed by atoms with van der Waals surface area (Å²) in [5, 5.41) is 0. The third kappa shape index (κ3) is 6.79. The summed E-state index contributed by atoms with van der Waals surface area (Å²) in [4.78, 5) is 31.8. The van der Waals surface area contributed by atoms with Crippen LogP contribution < -0.4 is 29.1 Å². The van der Waals surface area contributed by atoms with Crippen molar-refractivity contribution in [3.63, 3.8) is 0 Å². The predicted octanol–water partition coefficient (Wildman–Crippen LogP) is 6.07. The van der Waals surface area contributed by atoms with Crippen molar-refractivity contribution < 1.29 is 23.7 Å².